The number of nitrogens with zero attached hydrogens (tertiary/aromatic N) is 6. The smallest absolute Gasteiger partial charge is 0.260 e. The molecule has 1 aromatic heterocycles. The van der Waals surface area contributed by atoms with E-state index >= 15 is 0 Å². The van der Waals surface area contributed by atoms with Gasteiger partial charge in [-0.3, -0.25) is 14.8 Å². The number of aromatic nitrogens is 2. The fourth-order valence-corrected chi connectivity index (χ4v) is 4.91. The number of nitrogens with one attached hydrogen (secondary N) is 1. The largest absolute Gasteiger partial charge is 0.306 e. The second-order valence-corrected chi connectivity index (χ2v) is 9.79. The molecule has 8 nitrogen and oxygen atoms in total. The van der Waals surface area contributed by atoms with Crippen LogP contribution >= 0.6 is 0 Å². The van der Waals surface area contributed by atoms with E-state index in [4.69, 9.17) is 5.10 Å². The first-order valence-corrected chi connectivity index (χ1v) is 12.5. The van der Waals surface area contributed by atoms with Gasteiger partial charge in [0, 0.05) is 36.9 Å². The van der Waals surface area contributed by atoms with Crippen molar-refractivity contribution in [3.8, 4) is 5.69 Å². The van der Waals surface area contributed by atoms with Crippen LogP contribution in [0.3, 0.4) is 0 Å². The summed E-state index contributed by atoms with van der Waals surface area (Å²) in [6.45, 7) is 8.75. The molecule has 0 saturated carbocycles. The molecule has 36 heavy (non-hydrogen) atoms. The number of amides is 1. The van der Waals surface area contributed by atoms with Crippen LogP contribution < -0.4 is 5.32 Å². The number of hydrazone groups is 1. The van der Waals surface area contributed by atoms with Crippen LogP contribution in [0, 0.1) is 12.7 Å². The maximum Gasteiger partial charge on any atom is 0.260 e. The number of piperidine rings is 1. The van der Waals surface area contributed by atoms with Crippen LogP contribution in [-0.2, 0) is 4.79 Å². The number of aryl methyl sites for hydroxylation is 1. The molecule has 0 unspecified atom stereocenters. The number of aliphatic imine (C=N–C) groups is 1. The number of carbonyl (C=O) groups excluding carboxylic acids is 1. The number of anilines is 1. The molecule has 2 bridgehead atoms. The Hall–Kier alpha value is -3.59. The second kappa shape index (κ2) is 10.2. The molecule has 1 fully saturated rings. The van der Waals surface area contributed by atoms with Crippen LogP contribution in [0.25, 0.3) is 5.69 Å². The SMILES string of the molecule is Cc1cc(F)ccc1-n1nc(C2CCN(C(C)C)CC2)cc1NC(=O)C1=C2CN(/C=C\CC=N2)N=C1. The van der Waals surface area contributed by atoms with Crippen LogP contribution in [-0.4, -0.2) is 63.7 Å². The van der Waals surface area contributed by atoms with E-state index < -0.39 is 0 Å². The zero-order valence-corrected chi connectivity index (χ0v) is 21.0. The molecular weight excluding hydrogens is 457 g/mol. The second-order valence-electron chi connectivity index (χ2n) is 9.79. The molecule has 0 atom stereocenters. The van der Waals surface area contributed by atoms with E-state index in [2.05, 4.69) is 34.2 Å². The van der Waals surface area contributed by atoms with Crippen molar-refractivity contribution in [1.82, 2.24) is 19.7 Å². The zero-order chi connectivity index (χ0) is 25.2. The Kier molecular flexibility index (Phi) is 6.82. The number of halogens is 1. The van der Waals surface area contributed by atoms with Gasteiger partial charge in [-0.1, -0.05) is 6.08 Å². The summed E-state index contributed by atoms with van der Waals surface area (Å²) < 4.78 is 15.6. The number of likely N-dealkylation sites (tertiary alicyclic amines) is 1. The van der Waals surface area contributed by atoms with Crippen LogP contribution in [0.5, 0.6) is 0 Å². The molecule has 5 rings (SSSR count). The first kappa shape index (κ1) is 24.1. The van der Waals surface area contributed by atoms with E-state index in [1.807, 2.05) is 25.3 Å². The van der Waals surface area contributed by atoms with Crippen molar-refractivity contribution in [2.75, 3.05) is 25.0 Å². The highest BCUT2D eigenvalue weighted by Gasteiger charge is 2.27. The molecule has 0 spiro atoms. The molecule has 3 aliphatic rings. The van der Waals surface area contributed by atoms with Gasteiger partial charge >= 0.3 is 0 Å². The van der Waals surface area contributed by atoms with Crippen LogP contribution in [0.1, 0.15) is 50.3 Å². The van der Waals surface area contributed by atoms with Gasteiger partial charge in [0.2, 0.25) is 0 Å². The molecule has 1 aromatic carbocycles. The molecule has 2 aromatic rings. The van der Waals surface area contributed by atoms with E-state index in [1.165, 1.54) is 12.1 Å². The molecule has 1 N–H and O–H groups in total. The van der Waals surface area contributed by atoms with Gasteiger partial charge in [-0.25, -0.2) is 9.07 Å². The number of allylic oxidation sites excluding steroid dienone is 1. The van der Waals surface area contributed by atoms with E-state index in [0.717, 1.165) is 42.9 Å². The lowest BCUT2D eigenvalue weighted by Crippen LogP contribution is -2.37. The number of benzene rings is 1. The molecule has 1 amide bonds. The quantitative estimate of drug-likeness (QED) is 0.676. The molecule has 9 heteroatoms. The molecule has 1 saturated heterocycles. The van der Waals surface area contributed by atoms with Crippen molar-refractivity contribution in [1.29, 1.82) is 0 Å². The Bertz CT molecular complexity index is 1260. The summed E-state index contributed by atoms with van der Waals surface area (Å²) in [7, 11) is 0. The maximum absolute atomic E-state index is 13.8. The highest BCUT2D eigenvalue weighted by atomic mass is 19.1. The standard InChI is InChI=1S/C27H32FN7O/c1-18(2)33-12-8-20(9-13-33)23-15-26(35(32-23)25-7-6-21(28)14-19(25)3)31-27(36)22-16-30-34-11-5-4-10-29-24(22)17-34/h5-7,10-11,14-16,18,20H,4,8-9,12-13,17H2,1-3H3,(H,31,36)/b11-5-,29-10?. The Morgan fingerprint density at radius 2 is 2.00 bits per heavy atom. The van der Waals surface area contributed by atoms with Crippen LogP contribution in [0.2, 0.25) is 0 Å². The highest BCUT2D eigenvalue weighted by molar-refractivity contribution is 6.18. The fraction of sp³-hybridized carbons (Fsp3) is 0.407. The van der Waals surface area contributed by atoms with Gasteiger partial charge in [0.1, 0.15) is 11.6 Å². The highest BCUT2D eigenvalue weighted by Crippen LogP contribution is 2.32. The molecule has 0 radical (unpaired) electrons. The lowest BCUT2D eigenvalue weighted by Gasteiger charge is -2.33. The number of hydrogen-bond acceptors (Lipinski definition) is 6. The van der Waals surface area contributed by atoms with E-state index in [0.29, 0.717) is 42.0 Å². The number of carbonyl (C=O) groups is 1. The average molecular weight is 490 g/mol. The third-order valence-electron chi connectivity index (χ3n) is 7.00. The van der Waals surface area contributed by atoms with Crippen molar-refractivity contribution in [3.05, 3.63) is 64.9 Å². The lowest BCUT2D eigenvalue weighted by molar-refractivity contribution is -0.112. The molecule has 4 heterocycles. The Balaban J connectivity index is 1.46. The minimum Gasteiger partial charge on any atom is -0.306 e. The predicted molar refractivity (Wildman–Crippen MR) is 140 cm³/mol. The molecular formula is C27H32FN7O. The average Bonchev–Trinajstić information content (AvgIpc) is 3.26. The number of fused-ring (bicyclic) bond motifs is 2. The van der Waals surface area contributed by atoms with Crippen molar-refractivity contribution in [2.24, 2.45) is 10.1 Å². The van der Waals surface area contributed by atoms with Crippen LogP contribution in [0.15, 0.2) is 57.9 Å². The Labute approximate surface area is 210 Å². The van der Waals surface area contributed by atoms with Gasteiger partial charge in [0.25, 0.3) is 5.91 Å². The van der Waals surface area contributed by atoms with E-state index in [-0.39, 0.29) is 11.7 Å². The zero-order valence-electron chi connectivity index (χ0n) is 21.0. The van der Waals surface area contributed by atoms with Crippen molar-refractivity contribution in [3.63, 3.8) is 0 Å². The summed E-state index contributed by atoms with van der Waals surface area (Å²) in [5.41, 5.74) is 3.49. The number of hydrogen-bond donors (Lipinski definition) is 1. The van der Waals surface area contributed by atoms with Gasteiger partial charge in [-0.15, -0.1) is 0 Å². The first-order chi connectivity index (χ1) is 17.4. The summed E-state index contributed by atoms with van der Waals surface area (Å²) in [4.78, 5) is 20.4. The van der Waals surface area contributed by atoms with Gasteiger partial charge in [-0.05, 0) is 70.5 Å². The molecule has 0 aliphatic carbocycles. The monoisotopic (exact) mass is 489 g/mol. The third kappa shape index (κ3) is 5.02. The summed E-state index contributed by atoms with van der Waals surface area (Å²) in [5, 5.41) is 14.1. The summed E-state index contributed by atoms with van der Waals surface area (Å²) >= 11 is 0. The first-order valence-electron chi connectivity index (χ1n) is 12.5. The van der Waals surface area contributed by atoms with E-state index in [1.54, 1.807) is 28.2 Å². The lowest BCUT2D eigenvalue weighted by atomic mass is 9.93. The molecule has 3 aliphatic heterocycles. The van der Waals surface area contributed by atoms with Gasteiger partial charge in [0.15, 0.2) is 0 Å². The maximum atomic E-state index is 13.8. The van der Waals surface area contributed by atoms with Crippen molar-refractivity contribution < 1.29 is 9.18 Å². The minimum atomic E-state index is -0.304. The van der Waals surface area contributed by atoms with Crippen molar-refractivity contribution >= 4 is 24.2 Å². The topological polar surface area (TPSA) is 78.1 Å². The normalized spacial score (nSPS) is 19.5. The van der Waals surface area contributed by atoms with E-state index in [9.17, 15) is 9.18 Å². The van der Waals surface area contributed by atoms with Gasteiger partial charge in [-0.2, -0.15) is 10.2 Å². The van der Waals surface area contributed by atoms with Crippen molar-refractivity contribution in [2.45, 2.75) is 52.0 Å². The van der Waals surface area contributed by atoms with Crippen LogP contribution in [0.4, 0.5) is 10.2 Å². The Morgan fingerprint density at radius 1 is 1.19 bits per heavy atom. The summed E-state index contributed by atoms with van der Waals surface area (Å²) in [5.74, 6) is 0.250. The summed E-state index contributed by atoms with van der Waals surface area (Å²) in [6, 6.07) is 7.08. The van der Waals surface area contributed by atoms with Gasteiger partial charge < -0.3 is 10.2 Å². The third-order valence-corrected chi connectivity index (χ3v) is 7.00. The molecule has 188 valence electrons. The Morgan fingerprint density at radius 3 is 2.75 bits per heavy atom. The minimum absolute atomic E-state index is 0.294. The fourth-order valence-electron chi connectivity index (χ4n) is 4.91. The van der Waals surface area contributed by atoms with Gasteiger partial charge in [0.05, 0.1) is 35.4 Å². The summed E-state index contributed by atoms with van der Waals surface area (Å²) in [6.07, 6.45) is 9.89. The predicted octanol–water partition coefficient (Wildman–Crippen LogP) is 4.39. The number of rotatable bonds is 5.